The number of unbranched alkanes of at least 4 members (excludes halogenated alkanes) is 3. The van der Waals surface area contributed by atoms with Gasteiger partial charge in [-0.25, -0.2) is 0 Å². The molecule has 3 amide bonds. The second-order valence-corrected chi connectivity index (χ2v) is 7.64. The Morgan fingerprint density at radius 2 is 1.97 bits per heavy atom. The molecule has 0 spiro atoms. The summed E-state index contributed by atoms with van der Waals surface area (Å²) in [6.07, 6.45) is 3.58. The zero-order valence-electron chi connectivity index (χ0n) is 17.8. The molecule has 1 aromatic carbocycles. The Labute approximate surface area is 182 Å². The lowest BCUT2D eigenvalue weighted by atomic mass is 10.0. The van der Waals surface area contributed by atoms with Crippen molar-refractivity contribution in [1.29, 1.82) is 0 Å². The fourth-order valence-corrected chi connectivity index (χ4v) is 3.80. The second kappa shape index (κ2) is 10.9. The molecule has 3 rings (SSSR count). The van der Waals surface area contributed by atoms with Crippen LogP contribution in [0.15, 0.2) is 18.2 Å². The van der Waals surface area contributed by atoms with Crippen LogP contribution >= 0.6 is 0 Å². The van der Waals surface area contributed by atoms with Crippen LogP contribution in [0, 0.1) is 11.8 Å². The second-order valence-electron chi connectivity index (χ2n) is 7.64. The summed E-state index contributed by atoms with van der Waals surface area (Å²) in [4.78, 5) is 37.8. The SMILES string of the molecule is CNCCCCC#CCCCOc1cccc2c1C(=O)N(C1CCC(=O)NC1=O)C2O. The first-order valence-electron chi connectivity index (χ1n) is 10.7. The summed E-state index contributed by atoms with van der Waals surface area (Å²) in [7, 11) is 1.94. The third-order valence-electron chi connectivity index (χ3n) is 5.40. The molecule has 0 bridgehead atoms. The largest absolute Gasteiger partial charge is 0.493 e. The molecule has 1 aromatic rings. The fraction of sp³-hybridized carbons (Fsp3) is 0.522. The molecule has 2 aliphatic heterocycles. The lowest BCUT2D eigenvalue weighted by Gasteiger charge is -2.31. The van der Waals surface area contributed by atoms with E-state index in [4.69, 9.17) is 4.74 Å². The third kappa shape index (κ3) is 5.43. The van der Waals surface area contributed by atoms with E-state index in [0.717, 1.165) is 37.1 Å². The molecule has 8 heteroatoms. The lowest BCUT2D eigenvalue weighted by molar-refractivity contribution is -0.139. The number of benzene rings is 1. The van der Waals surface area contributed by atoms with E-state index in [0.29, 0.717) is 24.3 Å². The van der Waals surface area contributed by atoms with Gasteiger partial charge < -0.3 is 15.2 Å². The van der Waals surface area contributed by atoms with Crippen LogP contribution in [0.3, 0.4) is 0 Å². The van der Waals surface area contributed by atoms with E-state index in [-0.39, 0.29) is 24.3 Å². The first-order chi connectivity index (χ1) is 15.0. The van der Waals surface area contributed by atoms with Crippen molar-refractivity contribution in [3.63, 3.8) is 0 Å². The summed E-state index contributed by atoms with van der Waals surface area (Å²) in [6, 6.07) is 4.16. The van der Waals surface area contributed by atoms with Crippen molar-refractivity contribution in [1.82, 2.24) is 15.5 Å². The average Bonchev–Trinajstić information content (AvgIpc) is 3.01. The fourth-order valence-electron chi connectivity index (χ4n) is 3.80. The van der Waals surface area contributed by atoms with E-state index >= 15 is 0 Å². The predicted octanol–water partition coefficient (Wildman–Crippen LogP) is 1.49. The number of hydrogen-bond acceptors (Lipinski definition) is 6. The van der Waals surface area contributed by atoms with E-state index < -0.39 is 24.1 Å². The summed E-state index contributed by atoms with van der Waals surface area (Å²) >= 11 is 0. The van der Waals surface area contributed by atoms with Gasteiger partial charge in [0.05, 0.1) is 12.2 Å². The van der Waals surface area contributed by atoms with Crippen molar-refractivity contribution in [3.8, 4) is 17.6 Å². The minimum atomic E-state index is -1.25. The van der Waals surface area contributed by atoms with Crippen LogP contribution in [0.2, 0.25) is 0 Å². The summed E-state index contributed by atoms with van der Waals surface area (Å²) in [5.74, 6) is 5.28. The number of ether oxygens (including phenoxy) is 1. The highest BCUT2D eigenvalue weighted by Crippen LogP contribution is 2.39. The maximum atomic E-state index is 13.0. The van der Waals surface area contributed by atoms with Gasteiger partial charge >= 0.3 is 0 Å². The number of carbonyl (C=O) groups excluding carboxylic acids is 3. The molecular weight excluding hydrogens is 398 g/mol. The first kappa shape index (κ1) is 22.8. The van der Waals surface area contributed by atoms with Crippen LogP contribution in [0.25, 0.3) is 0 Å². The minimum absolute atomic E-state index is 0.128. The van der Waals surface area contributed by atoms with Gasteiger partial charge in [0, 0.05) is 24.8 Å². The van der Waals surface area contributed by atoms with Crippen LogP contribution in [0.5, 0.6) is 5.75 Å². The Morgan fingerprint density at radius 1 is 1.19 bits per heavy atom. The Balaban J connectivity index is 1.56. The standard InChI is InChI=1S/C23H29N3O5/c1-24-14-7-5-3-2-4-6-8-15-31-18-11-9-10-16-20(18)23(30)26(22(16)29)17-12-13-19(27)25-21(17)28/h9-11,17,22,24,29H,3,5-8,12-15H2,1H3,(H,25,27,28). The highest BCUT2D eigenvalue weighted by atomic mass is 16.5. The quantitative estimate of drug-likeness (QED) is 0.313. The number of fused-ring (bicyclic) bond motifs is 1. The molecule has 2 unspecified atom stereocenters. The van der Waals surface area contributed by atoms with Gasteiger partial charge in [-0.1, -0.05) is 12.1 Å². The average molecular weight is 428 g/mol. The van der Waals surface area contributed by atoms with Crippen LogP contribution in [0.1, 0.15) is 67.1 Å². The Bertz CT molecular complexity index is 889. The number of hydrogen-bond donors (Lipinski definition) is 3. The van der Waals surface area contributed by atoms with Crippen molar-refractivity contribution < 1.29 is 24.2 Å². The number of amides is 3. The van der Waals surface area contributed by atoms with Crippen LogP contribution in [-0.4, -0.2) is 54.0 Å². The lowest BCUT2D eigenvalue weighted by Crippen LogP contribution is -2.53. The van der Waals surface area contributed by atoms with Gasteiger partial charge in [-0.05, 0) is 45.3 Å². The van der Waals surface area contributed by atoms with E-state index in [1.165, 1.54) is 0 Å². The van der Waals surface area contributed by atoms with Crippen LogP contribution in [-0.2, 0) is 9.59 Å². The topological polar surface area (TPSA) is 108 Å². The smallest absolute Gasteiger partial charge is 0.261 e. The molecule has 0 aromatic heterocycles. The van der Waals surface area contributed by atoms with E-state index in [2.05, 4.69) is 22.5 Å². The monoisotopic (exact) mass is 427 g/mol. The molecule has 0 saturated carbocycles. The van der Waals surface area contributed by atoms with Crippen molar-refractivity contribution in [2.24, 2.45) is 0 Å². The molecule has 166 valence electrons. The normalized spacial score (nSPS) is 20.2. The molecule has 2 aliphatic rings. The summed E-state index contributed by atoms with van der Waals surface area (Å²) in [6.45, 7) is 1.40. The molecule has 3 N–H and O–H groups in total. The highest BCUT2D eigenvalue weighted by molar-refractivity contribution is 6.06. The van der Waals surface area contributed by atoms with E-state index in [9.17, 15) is 19.5 Å². The number of rotatable bonds is 9. The molecular formula is C23H29N3O5. The van der Waals surface area contributed by atoms with Crippen molar-refractivity contribution >= 4 is 17.7 Å². The first-order valence-corrected chi connectivity index (χ1v) is 10.7. The van der Waals surface area contributed by atoms with Crippen molar-refractivity contribution in [2.45, 2.75) is 57.2 Å². The zero-order chi connectivity index (χ0) is 22.2. The molecule has 1 saturated heterocycles. The zero-order valence-corrected chi connectivity index (χ0v) is 17.8. The molecule has 0 aliphatic carbocycles. The van der Waals surface area contributed by atoms with Crippen LogP contribution < -0.4 is 15.4 Å². The van der Waals surface area contributed by atoms with Gasteiger partial charge in [0.25, 0.3) is 5.91 Å². The minimum Gasteiger partial charge on any atom is -0.493 e. The number of nitrogens with one attached hydrogen (secondary N) is 2. The molecule has 8 nitrogen and oxygen atoms in total. The summed E-state index contributed by atoms with van der Waals surface area (Å²) in [5.41, 5.74) is 0.684. The Morgan fingerprint density at radius 3 is 2.71 bits per heavy atom. The molecule has 2 atom stereocenters. The van der Waals surface area contributed by atoms with Gasteiger partial charge in [-0.2, -0.15) is 0 Å². The third-order valence-corrected chi connectivity index (χ3v) is 5.40. The molecule has 0 radical (unpaired) electrons. The Kier molecular flexibility index (Phi) is 8.04. The van der Waals surface area contributed by atoms with Gasteiger partial charge in [-0.15, -0.1) is 11.8 Å². The van der Waals surface area contributed by atoms with E-state index in [1.807, 2.05) is 7.05 Å². The summed E-state index contributed by atoms with van der Waals surface area (Å²) < 4.78 is 5.82. The number of piperidine rings is 1. The maximum absolute atomic E-state index is 13.0. The number of carbonyl (C=O) groups is 3. The Hall–Kier alpha value is -2.89. The maximum Gasteiger partial charge on any atom is 0.261 e. The summed E-state index contributed by atoms with van der Waals surface area (Å²) in [5, 5.41) is 16.0. The number of nitrogens with zero attached hydrogens (tertiary/aromatic N) is 1. The molecule has 2 heterocycles. The van der Waals surface area contributed by atoms with Crippen LogP contribution in [0.4, 0.5) is 0 Å². The van der Waals surface area contributed by atoms with Gasteiger partial charge in [0.15, 0.2) is 6.23 Å². The van der Waals surface area contributed by atoms with Gasteiger partial charge in [-0.3, -0.25) is 24.6 Å². The molecule has 31 heavy (non-hydrogen) atoms. The van der Waals surface area contributed by atoms with Crippen molar-refractivity contribution in [2.75, 3.05) is 20.2 Å². The number of aliphatic hydroxyl groups excluding tert-OH is 1. The van der Waals surface area contributed by atoms with Crippen molar-refractivity contribution in [3.05, 3.63) is 29.3 Å². The number of imide groups is 1. The van der Waals surface area contributed by atoms with E-state index in [1.54, 1.807) is 18.2 Å². The van der Waals surface area contributed by atoms with Gasteiger partial charge in [0.2, 0.25) is 11.8 Å². The number of aliphatic hydroxyl groups is 1. The van der Waals surface area contributed by atoms with Gasteiger partial charge in [0.1, 0.15) is 11.8 Å². The molecule has 1 fully saturated rings. The highest BCUT2D eigenvalue weighted by Gasteiger charge is 2.45. The predicted molar refractivity (Wildman–Crippen MR) is 114 cm³/mol.